The summed E-state index contributed by atoms with van der Waals surface area (Å²) in [5.74, 6) is 1.30. The van der Waals surface area contributed by atoms with Crippen molar-refractivity contribution in [3.05, 3.63) is 85.0 Å². The van der Waals surface area contributed by atoms with Gasteiger partial charge in [-0.25, -0.2) is 0 Å². The van der Waals surface area contributed by atoms with Gasteiger partial charge in [0.1, 0.15) is 8.24 Å². The van der Waals surface area contributed by atoms with E-state index in [-0.39, 0.29) is 5.54 Å². The fourth-order valence-corrected chi connectivity index (χ4v) is 13.4. The molecule has 4 rings (SSSR count). The van der Waals surface area contributed by atoms with Gasteiger partial charge in [0, 0.05) is 5.54 Å². The van der Waals surface area contributed by atoms with E-state index in [4.69, 9.17) is 0 Å². The fraction of sp³-hybridized carbons (Fsp3) is 0.407. The Labute approximate surface area is 185 Å². The molecular formula is C27H36NPSi. The van der Waals surface area contributed by atoms with E-state index >= 15 is 0 Å². The second-order valence-corrected chi connectivity index (χ2v) is 17.3. The molecule has 0 spiro atoms. The van der Waals surface area contributed by atoms with Crippen LogP contribution < -0.4 is 15.6 Å². The highest BCUT2D eigenvalue weighted by Gasteiger charge is 2.51. The van der Waals surface area contributed by atoms with Gasteiger partial charge in [-0.1, -0.05) is 98.1 Å². The van der Waals surface area contributed by atoms with Crippen LogP contribution in [0.1, 0.15) is 27.2 Å². The smallest absolute Gasteiger partial charge is 0.123 e. The highest BCUT2D eigenvalue weighted by atomic mass is 31.1. The molecule has 3 heteroatoms. The largest absolute Gasteiger partial charge is 0.332 e. The second kappa shape index (κ2) is 8.58. The molecule has 0 heterocycles. The van der Waals surface area contributed by atoms with Crippen molar-refractivity contribution in [1.29, 1.82) is 0 Å². The van der Waals surface area contributed by atoms with Crippen LogP contribution in [0.15, 0.2) is 85.0 Å². The molecule has 0 aliphatic heterocycles. The molecule has 2 aromatic carbocycles. The van der Waals surface area contributed by atoms with Crippen molar-refractivity contribution in [3.8, 4) is 0 Å². The van der Waals surface area contributed by atoms with Crippen LogP contribution in [-0.2, 0) is 0 Å². The molecule has 2 aliphatic rings. The van der Waals surface area contributed by atoms with Crippen LogP contribution in [0, 0.1) is 11.8 Å². The predicted molar refractivity (Wildman–Crippen MR) is 137 cm³/mol. The summed E-state index contributed by atoms with van der Waals surface area (Å²) >= 11 is 0. The standard InChI is InChI=1S/C27H36NPSi/c1-27(2,3)28-30(4,5)26-20-25(23-18-12-13-19-24(23)26)29(21-14-8-6-9-15-21)22-16-10-7-11-17-22/h6-19,23-26,28H,20H2,1-5H3. The predicted octanol–water partition coefficient (Wildman–Crippen LogP) is 6.21. The zero-order valence-electron chi connectivity index (χ0n) is 19.0. The Morgan fingerprint density at radius 3 is 1.80 bits per heavy atom. The average molecular weight is 434 g/mol. The van der Waals surface area contributed by atoms with Crippen LogP contribution in [-0.4, -0.2) is 19.4 Å². The fourth-order valence-electron chi connectivity index (χ4n) is 5.82. The molecule has 1 N–H and O–H groups in total. The first kappa shape index (κ1) is 21.7. The normalized spacial score (nSPS) is 26.2. The van der Waals surface area contributed by atoms with E-state index in [0.29, 0.717) is 17.5 Å². The molecule has 30 heavy (non-hydrogen) atoms. The summed E-state index contributed by atoms with van der Waals surface area (Å²) < 4.78 is 0. The van der Waals surface area contributed by atoms with Gasteiger partial charge in [-0.05, 0) is 68.8 Å². The van der Waals surface area contributed by atoms with Crippen LogP contribution in [0.25, 0.3) is 0 Å². The van der Waals surface area contributed by atoms with Crippen LogP contribution in [0.2, 0.25) is 18.6 Å². The summed E-state index contributed by atoms with van der Waals surface area (Å²) in [6.07, 6.45) is 11.0. The summed E-state index contributed by atoms with van der Waals surface area (Å²) in [6, 6.07) is 22.6. The SMILES string of the molecule is CC(C)(C)N[Si](C)(C)C1CC(P(c2ccccc2)c2ccccc2)C2C=CC=CC21. The molecule has 0 radical (unpaired) electrons. The molecule has 4 unspecified atom stereocenters. The Hall–Kier alpha value is -1.47. The maximum atomic E-state index is 4.10. The van der Waals surface area contributed by atoms with E-state index in [0.717, 1.165) is 5.54 Å². The molecule has 0 bridgehead atoms. The summed E-state index contributed by atoms with van der Waals surface area (Å²) in [5, 5.41) is 3.05. The highest BCUT2D eigenvalue weighted by Crippen LogP contribution is 2.59. The van der Waals surface area contributed by atoms with Gasteiger partial charge in [0.05, 0.1) is 0 Å². The number of benzene rings is 2. The Morgan fingerprint density at radius 2 is 1.30 bits per heavy atom. The summed E-state index contributed by atoms with van der Waals surface area (Å²) in [7, 11) is -2.02. The molecular weight excluding hydrogens is 397 g/mol. The van der Waals surface area contributed by atoms with Gasteiger partial charge in [-0.3, -0.25) is 0 Å². The number of nitrogens with one attached hydrogen (secondary N) is 1. The van der Waals surface area contributed by atoms with E-state index in [1.165, 1.54) is 17.0 Å². The van der Waals surface area contributed by atoms with E-state index < -0.39 is 16.2 Å². The van der Waals surface area contributed by atoms with Crippen LogP contribution in [0.3, 0.4) is 0 Å². The van der Waals surface area contributed by atoms with Gasteiger partial charge >= 0.3 is 0 Å². The number of rotatable bonds is 5. The van der Waals surface area contributed by atoms with Crippen molar-refractivity contribution in [2.45, 2.75) is 57.0 Å². The minimum Gasteiger partial charge on any atom is -0.332 e. The van der Waals surface area contributed by atoms with E-state index in [1.54, 1.807) is 0 Å². The van der Waals surface area contributed by atoms with E-state index in [9.17, 15) is 0 Å². The summed E-state index contributed by atoms with van der Waals surface area (Å²) in [4.78, 5) is 4.10. The Kier molecular flexibility index (Phi) is 6.22. The number of allylic oxidation sites excluding steroid dienone is 4. The zero-order chi connectivity index (χ0) is 21.4. The molecule has 4 atom stereocenters. The van der Waals surface area contributed by atoms with Crippen molar-refractivity contribution in [3.63, 3.8) is 0 Å². The van der Waals surface area contributed by atoms with Crippen LogP contribution in [0.4, 0.5) is 0 Å². The maximum Gasteiger partial charge on any atom is 0.123 e. The number of hydrogen-bond acceptors (Lipinski definition) is 1. The average Bonchev–Trinajstić information content (AvgIpc) is 3.09. The van der Waals surface area contributed by atoms with Crippen molar-refractivity contribution < 1.29 is 0 Å². The Bertz CT molecular complexity index is 858. The lowest BCUT2D eigenvalue weighted by molar-refractivity contribution is 0.488. The van der Waals surface area contributed by atoms with Crippen LogP contribution >= 0.6 is 7.92 Å². The first-order valence-corrected chi connectivity index (χ1v) is 15.8. The third-order valence-electron chi connectivity index (χ3n) is 6.65. The lowest BCUT2D eigenvalue weighted by atomic mass is 9.91. The number of fused-ring (bicyclic) bond motifs is 1. The molecule has 2 aromatic rings. The summed E-state index contributed by atoms with van der Waals surface area (Å²) in [6.45, 7) is 12.1. The van der Waals surface area contributed by atoms with Crippen molar-refractivity contribution >= 4 is 26.8 Å². The van der Waals surface area contributed by atoms with Crippen molar-refractivity contribution in [2.24, 2.45) is 11.8 Å². The van der Waals surface area contributed by atoms with E-state index in [1.807, 2.05) is 0 Å². The summed E-state index contributed by atoms with van der Waals surface area (Å²) in [5.41, 5.74) is 1.61. The molecule has 0 saturated heterocycles. The maximum absolute atomic E-state index is 4.10. The molecule has 1 nitrogen and oxygen atoms in total. The minimum absolute atomic E-state index is 0.168. The third-order valence-corrected chi connectivity index (χ3v) is 13.4. The number of hydrogen-bond donors (Lipinski definition) is 1. The Morgan fingerprint density at radius 1 is 0.800 bits per heavy atom. The molecule has 2 aliphatic carbocycles. The van der Waals surface area contributed by atoms with E-state index in [2.05, 4.69) is 124 Å². The van der Waals surface area contributed by atoms with Crippen molar-refractivity contribution in [2.75, 3.05) is 0 Å². The van der Waals surface area contributed by atoms with Crippen LogP contribution in [0.5, 0.6) is 0 Å². The van der Waals surface area contributed by atoms with Gasteiger partial charge in [-0.15, -0.1) is 0 Å². The third kappa shape index (κ3) is 4.57. The topological polar surface area (TPSA) is 12.0 Å². The molecule has 158 valence electrons. The van der Waals surface area contributed by atoms with Gasteiger partial charge in [0.25, 0.3) is 0 Å². The zero-order valence-corrected chi connectivity index (χ0v) is 20.9. The minimum atomic E-state index is -1.63. The molecule has 0 aromatic heterocycles. The molecule has 1 saturated carbocycles. The quantitative estimate of drug-likeness (QED) is 0.436. The molecule has 0 amide bonds. The van der Waals surface area contributed by atoms with Gasteiger partial charge in [0.15, 0.2) is 0 Å². The second-order valence-electron chi connectivity index (χ2n) is 10.5. The lowest BCUT2D eigenvalue weighted by Gasteiger charge is -2.40. The van der Waals surface area contributed by atoms with Gasteiger partial charge < -0.3 is 4.98 Å². The monoisotopic (exact) mass is 433 g/mol. The lowest BCUT2D eigenvalue weighted by Crippen LogP contribution is -2.57. The first-order valence-electron chi connectivity index (χ1n) is 11.3. The Balaban J connectivity index is 1.75. The first-order chi connectivity index (χ1) is 14.3. The van der Waals surface area contributed by atoms with Gasteiger partial charge in [0.2, 0.25) is 0 Å². The highest BCUT2D eigenvalue weighted by molar-refractivity contribution is 7.73. The molecule has 1 fully saturated rings. The van der Waals surface area contributed by atoms with Crippen molar-refractivity contribution in [1.82, 2.24) is 4.98 Å². The van der Waals surface area contributed by atoms with Gasteiger partial charge in [-0.2, -0.15) is 0 Å².